The summed E-state index contributed by atoms with van der Waals surface area (Å²) in [4.78, 5) is 30.4. The molecule has 2 amide bonds. The van der Waals surface area contributed by atoms with Gasteiger partial charge < -0.3 is 24.8 Å². The van der Waals surface area contributed by atoms with Crippen molar-refractivity contribution < 1.29 is 29.4 Å². The number of ether oxygens (including phenoxy) is 2. The van der Waals surface area contributed by atoms with Gasteiger partial charge in [-0.25, -0.2) is 5.48 Å². The van der Waals surface area contributed by atoms with E-state index < -0.39 is 12.2 Å². The highest BCUT2D eigenvalue weighted by Crippen LogP contribution is 2.38. The first-order chi connectivity index (χ1) is 20.9. The predicted molar refractivity (Wildman–Crippen MR) is 162 cm³/mol. The van der Waals surface area contributed by atoms with Gasteiger partial charge in [0.15, 0.2) is 6.29 Å². The van der Waals surface area contributed by atoms with Crippen LogP contribution < -0.4 is 10.8 Å². The molecule has 3 aromatic rings. The summed E-state index contributed by atoms with van der Waals surface area (Å²) in [5.74, 6) is -0.528. The van der Waals surface area contributed by atoms with Gasteiger partial charge in [0.25, 0.3) is 0 Å². The molecule has 4 N–H and O–H groups in total. The number of carbonyl (C=O) groups excluding carboxylic acids is 2. The molecule has 0 saturated carbocycles. The second-order valence-corrected chi connectivity index (χ2v) is 11.0. The molecule has 3 unspecified atom stereocenters. The zero-order valence-electron chi connectivity index (χ0n) is 24.7. The van der Waals surface area contributed by atoms with Crippen molar-refractivity contribution in [1.29, 1.82) is 0 Å². The lowest BCUT2D eigenvalue weighted by molar-refractivity contribution is -0.252. The van der Waals surface area contributed by atoms with Gasteiger partial charge in [0.05, 0.1) is 18.8 Å². The summed E-state index contributed by atoms with van der Waals surface area (Å²) in [6, 6.07) is 21.3. The molecule has 1 aromatic heterocycles. The standard InChI is InChI=1S/C33H42N4O6/c1-37(19-17-27-9-5-6-18-34-27)22-29-21-30(25-15-13-24(23-38)14-16-25)43-33(42-29)26-8-7-10-28(20-26)35-31(39)11-3-2-4-12-32(40)36-41/h5-10,13-16,18,20,29-30,33,38,41H,2-4,11-12,17,19,21-23H2,1H3,(H,35,39)(H,36,40). The number of hydrogen-bond acceptors (Lipinski definition) is 8. The van der Waals surface area contributed by atoms with Gasteiger partial charge in [0.2, 0.25) is 11.8 Å². The van der Waals surface area contributed by atoms with E-state index in [-0.39, 0.29) is 31.1 Å². The number of amides is 2. The normalized spacial score (nSPS) is 18.4. The molecule has 0 bridgehead atoms. The Hall–Kier alpha value is -3.67. The summed E-state index contributed by atoms with van der Waals surface area (Å²) >= 11 is 0. The minimum absolute atomic E-state index is 0.0133. The maximum Gasteiger partial charge on any atom is 0.243 e. The number of unbranched alkanes of at least 4 members (excludes halogenated alkanes) is 2. The van der Waals surface area contributed by atoms with Crippen molar-refractivity contribution in [3.8, 4) is 0 Å². The van der Waals surface area contributed by atoms with Crippen molar-refractivity contribution in [2.75, 3.05) is 25.5 Å². The number of anilines is 1. The molecule has 4 rings (SSSR count). The highest BCUT2D eigenvalue weighted by atomic mass is 16.7. The molecule has 2 aromatic carbocycles. The molecule has 0 aliphatic carbocycles. The number of likely N-dealkylation sites (N-methyl/N-ethyl adjacent to an activating group) is 1. The van der Waals surface area contributed by atoms with Gasteiger partial charge >= 0.3 is 0 Å². The number of aliphatic hydroxyl groups excluding tert-OH is 1. The van der Waals surface area contributed by atoms with Gasteiger partial charge in [0, 0.05) is 61.9 Å². The van der Waals surface area contributed by atoms with Crippen molar-refractivity contribution in [3.05, 3.63) is 95.3 Å². The fraction of sp³-hybridized carbons (Fsp3) is 0.424. The number of aromatic nitrogens is 1. The first-order valence-electron chi connectivity index (χ1n) is 14.9. The summed E-state index contributed by atoms with van der Waals surface area (Å²) in [6.07, 6.45) is 4.94. The lowest BCUT2D eigenvalue weighted by Gasteiger charge is -2.38. The molecular weight excluding hydrogens is 548 g/mol. The van der Waals surface area contributed by atoms with Crippen LogP contribution in [0.25, 0.3) is 0 Å². The summed E-state index contributed by atoms with van der Waals surface area (Å²) < 4.78 is 13.0. The molecule has 2 heterocycles. The summed E-state index contributed by atoms with van der Waals surface area (Å²) in [5.41, 5.74) is 6.00. The third kappa shape index (κ3) is 10.5. The first kappa shape index (κ1) is 32.2. The van der Waals surface area contributed by atoms with Crippen LogP contribution in [0.4, 0.5) is 5.69 Å². The number of carbonyl (C=O) groups is 2. The second-order valence-electron chi connectivity index (χ2n) is 11.0. The van der Waals surface area contributed by atoms with E-state index in [9.17, 15) is 14.7 Å². The van der Waals surface area contributed by atoms with Crippen molar-refractivity contribution in [2.24, 2.45) is 0 Å². The quantitative estimate of drug-likeness (QED) is 0.114. The molecule has 1 saturated heterocycles. The fourth-order valence-electron chi connectivity index (χ4n) is 5.11. The topological polar surface area (TPSA) is 133 Å². The zero-order chi connectivity index (χ0) is 30.4. The van der Waals surface area contributed by atoms with Gasteiger partial charge in [-0.1, -0.05) is 48.9 Å². The van der Waals surface area contributed by atoms with Gasteiger partial charge in [-0.05, 0) is 55.3 Å². The number of rotatable bonds is 15. The van der Waals surface area contributed by atoms with E-state index in [1.165, 1.54) is 0 Å². The fourth-order valence-corrected chi connectivity index (χ4v) is 5.11. The van der Waals surface area contributed by atoms with Gasteiger partial charge in [-0.3, -0.25) is 19.8 Å². The number of hydroxylamine groups is 1. The Morgan fingerprint density at radius 3 is 2.47 bits per heavy atom. The van der Waals surface area contributed by atoms with Gasteiger partial charge in [0.1, 0.15) is 0 Å². The Morgan fingerprint density at radius 1 is 0.953 bits per heavy atom. The monoisotopic (exact) mass is 590 g/mol. The maximum absolute atomic E-state index is 12.6. The Bertz CT molecular complexity index is 1290. The van der Waals surface area contributed by atoms with Crippen molar-refractivity contribution >= 4 is 17.5 Å². The predicted octanol–water partition coefficient (Wildman–Crippen LogP) is 4.69. The van der Waals surface area contributed by atoms with Crippen LogP contribution in [0.15, 0.2) is 72.9 Å². The molecule has 3 atom stereocenters. The van der Waals surface area contributed by atoms with Crippen molar-refractivity contribution in [3.63, 3.8) is 0 Å². The molecule has 10 nitrogen and oxygen atoms in total. The Balaban J connectivity index is 1.39. The van der Waals surface area contributed by atoms with Crippen LogP contribution in [0.2, 0.25) is 0 Å². The van der Waals surface area contributed by atoms with Gasteiger partial charge in [-0.15, -0.1) is 0 Å². The Labute approximate surface area is 253 Å². The maximum atomic E-state index is 12.6. The van der Waals surface area contributed by atoms with Crippen LogP contribution in [-0.2, 0) is 32.1 Å². The number of pyridine rings is 1. The van der Waals surface area contributed by atoms with E-state index in [1.807, 2.05) is 72.9 Å². The van der Waals surface area contributed by atoms with Crippen LogP contribution >= 0.6 is 0 Å². The SMILES string of the molecule is CN(CCc1ccccn1)CC1CC(c2ccc(CO)cc2)OC(c2cccc(NC(=O)CCCCCC(=O)NO)c2)O1. The number of benzene rings is 2. The average molecular weight is 591 g/mol. The molecular formula is C33H42N4O6. The van der Waals surface area contributed by atoms with Crippen LogP contribution in [0, 0.1) is 0 Å². The van der Waals surface area contributed by atoms with E-state index in [2.05, 4.69) is 22.2 Å². The van der Waals surface area contributed by atoms with Crippen molar-refractivity contribution in [1.82, 2.24) is 15.4 Å². The third-order valence-electron chi connectivity index (χ3n) is 7.48. The number of hydrogen-bond donors (Lipinski definition) is 4. The first-order valence-corrected chi connectivity index (χ1v) is 14.9. The van der Waals surface area contributed by atoms with E-state index in [1.54, 1.807) is 5.48 Å². The minimum atomic E-state index is -0.625. The molecule has 1 aliphatic heterocycles. The molecule has 43 heavy (non-hydrogen) atoms. The van der Waals surface area contributed by atoms with Crippen LogP contribution in [0.3, 0.4) is 0 Å². The van der Waals surface area contributed by atoms with E-state index in [0.29, 0.717) is 44.3 Å². The number of nitrogens with zero attached hydrogens (tertiary/aromatic N) is 2. The molecule has 1 aliphatic rings. The molecule has 0 radical (unpaired) electrons. The zero-order valence-corrected chi connectivity index (χ0v) is 24.7. The lowest BCUT2D eigenvalue weighted by atomic mass is 9.99. The van der Waals surface area contributed by atoms with Crippen LogP contribution in [0.5, 0.6) is 0 Å². The van der Waals surface area contributed by atoms with E-state index >= 15 is 0 Å². The molecule has 1 fully saturated rings. The largest absolute Gasteiger partial charge is 0.392 e. The van der Waals surface area contributed by atoms with Gasteiger partial charge in [-0.2, -0.15) is 0 Å². The average Bonchev–Trinajstić information content (AvgIpc) is 3.04. The highest BCUT2D eigenvalue weighted by Gasteiger charge is 2.33. The smallest absolute Gasteiger partial charge is 0.243 e. The second kappa shape index (κ2) is 16.8. The summed E-state index contributed by atoms with van der Waals surface area (Å²) in [6.45, 7) is 1.54. The Morgan fingerprint density at radius 2 is 1.74 bits per heavy atom. The lowest BCUT2D eigenvalue weighted by Crippen LogP contribution is -2.38. The Kier molecular flexibility index (Phi) is 12.6. The van der Waals surface area contributed by atoms with Crippen LogP contribution in [0.1, 0.15) is 73.3 Å². The number of nitrogens with one attached hydrogen (secondary N) is 2. The third-order valence-corrected chi connectivity index (χ3v) is 7.48. The molecule has 0 spiro atoms. The molecule has 10 heteroatoms. The summed E-state index contributed by atoms with van der Waals surface area (Å²) in [7, 11) is 2.08. The van der Waals surface area contributed by atoms with Crippen LogP contribution in [-0.4, -0.2) is 58.3 Å². The minimum Gasteiger partial charge on any atom is -0.392 e. The van der Waals surface area contributed by atoms with E-state index in [4.69, 9.17) is 14.7 Å². The van der Waals surface area contributed by atoms with Crippen molar-refractivity contribution in [2.45, 2.75) is 70.1 Å². The number of aliphatic hydroxyl groups is 1. The van der Waals surface area contributed by atoms with E-state index in [0.717, 1.165) is 35.3 Å². The summed E-state index contributed by atoms with van der Waals surface area (Å²) in [5, 5.41) is 21.0. The molecule has 230 valence electrons. The highest BCUT2D eigenvalue weighted by molar-refractivity contribution is 5.90.